The van der Waals surface area contributed by atoms with E-state index in [1.807, 2.05) is 35.2 Å². The summed E-state index contributed by atoms with van der Waals surface area (Å²) in [6.45, 7) is 1.32. The van der Waals surface area contributed by atoms with Crippen LogP contribution in [0.25, 0.3) is 0 Å². The van der Waals surface area contributed by atoms with E-state index >= 15 is 0 Å². The Hall–Kier alpha value is -2.37. The molecular weight excluding hydrogens is 342 g/mol. The highest BCUT2D eigenvalue weighted by Gasteiger charge is 2.46. The molecular formula is C21H27N3O3. The Morgan fingerprint density at radius 1 is 1.11 bits per heavy atom. The lowest BCUT2D eigenvalue weighted by Crippen LogP contribution is -2.52. The summed E-state index contributed by atoms with van der Waals surface area (Å²) in [5.41, 5.74) is 0.612. The largest absolute Gasteiger partial charge is 0.386 e. The van der Waals surface area contributed by atoms with Crippen molar-refractivity contribution in [1.29, 1.82) is 0 Å². The normalized spacial score (nSPS) is 25.8. The van der Waals surface area contributed by atoms with Crippen LogP contribution in [0, 0.1) is 5.92 Å². The first-order valence-electron chi connectivity index (χ1n) is 10.1. The van der Waals surface area contributed by atoms with E-state index < -0.39 is 5.60 Å². The third kappa shape index (κ3) is 3.99. The van der Waals surface area contributed by atoms with Gasteiger partial charge in [-0.2, -0.15) is 0 Å². The first-order valence-corrected chi connectivity index (χ1v) is 10.1. The molecule has 1 saturated carbocycles. The molecule has 2 aliphatic heterocycles. The molecule has 1 aromatic carbocycles. The number of oxime groups is 1. The standard InChI is InChI=1S/C21H27N3O3/c25-19(22-17-10-5-2-6-11-17)18-14-21(27-23-18)12-7-13-24(15-21)20(26)16-8-3-1-4-9-16/h2,5-6,10-11,16H,1,3-4,7-9,12-15H2,(H,22,25). The van der Waals surface area contributed by atoms with E-state index in [2.05, 4.69) is 10.5 Å². The van der Waals surface area contributed by atoms with Crippen molar-refractivity contribution >= 4 is 23.2 Å². The van der Waals surface area contributed by atoms with Crippen LogP contribution in [0.3, 0.4) is 0 Å². The van der Waals surface area contributed by atoms with Crippen LogP contribution in [0.2, 0.25) is 0 Å². The molecule has 1 aliphatic carbocycles. The Balaban J connectivity index is 1.37. The molecule has 4 rings (SSSR count). The third-order valence-electron chi connectivity index (χ3n) is 5.94. The lowest BCUT2D eigenvalue weighted by Gasteiger charge is -2.40. The zero-order valence-electron chi connectivity index (χ0n) is 15.7. The van der Waals surface area contributed by atoms with Gasteiger partial charge in [0, 0.05) is 24.6 Å². The Labute approximate surface area is 159 Å². The van der Waals surface area contributed by atoms with Gasteiger partial charge >= 0.3 is 0 Å². The lowest BCUT2D eigenvalue weighted by molar-refractivity contribution is -0.145. The van der Waals surface area contributed by atoms with Crippen LogP contribution in [0.1, 0.15) is 51.4 Å². The van der Waals surface area contributed by atoms with Crippen molar-refractivity contribution < 1.29 is 14.4 Å². The molecule has 0 bridgehead atoms. The van der Waals surface area contributed by atoms with Gasteiger partial charge in [-0.25, -0.2) is 0 Å². The van der Waals surface area contributed by atoms with E-state index in [4.69, 9.17) is 4.84 Å². The van der Waals surface area contributed by atoms with Crippen LogP contribution < -0.4 is 5.32 Å². The Morgan fingerprint density at radius 2 is 1.89 bits per heavy atom. The summed E-state index contributed by atoms with van der Waals surface area (Å²) < 4.78 is 0. The molecule has 6 heteroatoms. The van der Waals surface area contributed by atoms with Crippen LogP contribution in [0.4, 0.5) is 5.69 Å². The van der Waals surface area contributed by atoms with Gasteiger partial charge in [0.25, 0.3) is 5.91 Å². The van der Waals surface area contributed by atoms with Crippen molar-refractivity contribution in [1.82, 2.24) is 4.90 Å². The number of rotatable bonds is 3. The van der Waals surface area contributed by atoms with Gasteiger partial charge in [-0.1, -0.05) is 42.6 Å². The number of amides is 2. The van der Waals surface area contributed by atoms with Crippen molar-refractivity contribution in [2.24, 2.45) is 11.1 Å². The topological polar surface area (TPSA) is 71.0 Å². The summed E-state index contributed by atoms with van der Waals surface area (Å²) in [6, 6.07) is 9.34. The van der Waals surface area contributed by atoms with E-state index in [1.165, 1.54) is 6.42 Å². The first kappa shape index (κ1) is 18.0. The monoisotopic (exact) mass is 369 g/mol. The van der Waals surface area contributed by atoms with Gasteiger partial charge in [-0.15, -0.1) is 0 Å². The van der Waals surface area contributed by atoms with E-state index in [1.54, 1.807) is 0 Å². The van der Waals surface area contributed by atoms with Crippen molar-refractivity contribution in [3.8, 4) is 0 Å². The number of likely N-dealkylation sites (tertiary alicyclic amines) is 1. The van der Waals surface area contributed by atoms with Crippen molar-refractivity contribution in [2.45, 2.75) is 57.0 Å². The number of anilines is 1. The van der Waals surface area contributed by atoms with Gasteiger partial charge in [0.15, 0.2) is 5.60 Å². The fourth-order valence-corrected chi connectivity index (χ4v) is 4.48. The second kappa shape index (κ2) is 7.71. The molecule has 1 saturated heterocycles. The number of para-hydroxylation sites is 1. The van der Waals surface area contributed by atoms with E-state index in [0.29, 0.717) is 18.7 Å². The Kier molecular flexibility index (Phi) is 5.14. The van der Waals surface area contributed by atoms with Crippen molar-refractivity contribution in [3.63, 3.8) is 0 Å². The third-order valence-corrected chi connectivity index (χ3v) is 5.94. The number of benzene rings is 1. The molecule has 144 valence electrons. The second-order valence-electron chi connectivity index (χ2n) is 8.01. The van der Waals surface area contributed by atoms with E-state index in [9.17, 15) is 9.59 Å². The number of nitrogens with one attached hydrogen (secondary N) is 1. The summed E-state index contributed by atoms with van der Waals surface area (Å²) in [4.78, 5) is 33.1. The molecule has 1 spiro atoms. The van der Waals surface area contributed by atoms with Gasteiger partial charge in [-0.05, 0) is 37.8 Å². The molecule has 0 aromatic heterocycles. The smallest absolute Gasteiger partial charge is 0.273 e. The molecule has 3 aliphatic rings. The zero-order valence-corrected chi connectivity index (χ0v) is 15.7. The fourth-order valence-electron chi connectivity index (χ4n) is 4.48. The molecule has 6 nitrogen and oxygen atoms in total. The van der Waals surface area contributed by atoms with Crippen molar-refractivity contribution in [2.75, 3.05) is 18.4 Å². The van der Waals surface area contributed by atoms with E-state index in [0.717, 1.165) is 50.8 Å². The minimum atomic E-state index is -0.536. The maximum atomic E-state index is 12.9. The number of nitrogens with zero attached hydrogens (tertiary/aromatic N) is 2. The number of piperidine rings is 1. The number of hydrogen-bond acceptors (Lipinski definition) is 4. The highest BCUT2D eigenvalue weighted by atomic mass is 16.7. The highest BCUT2D eigenvalue weighted by Crippen LogP contribution is 2.35. The van der Waals surface area contributed by atoms with Gasteiger partial charge < -0.3 is 15.1 Å². The Morgan fingerprint density at radius 3 is 2.67 bits per heavy atom. The molecule has 2 amide bonds. The van der Waals surface area contributed by atoms with Crippen LogP contribution in [-0.4, -0.2) is 41.1 Å². The summed E-state index contributed by atoms with van der Waals surface area (Å²) in [6.07, 6.45) is 7.73. The average molecular weight is 369 g/mol. The number of hydrogen-bond donors (Lipinski definition) is 1. The summed E-state index contributed by atoms with van der Waals surface area (Å²) in [5, 5.41) is 6.94. The van der Waals surface area contributed by atoms with E-state index in [-0.39, 0.29) is 17.7 Å². The summed E-state index contributed by atoms with van der Waals surface area (Å²) >= 11 is 0. The second-order valence-corrected chi connectivity index (χ2v) is 8.01. The van der Waals surface area contributed by atoms with Crippen LogP contribution in [0.15, 0.2) is 35.5 Å². The molecule has 1 aromatic rings. The predicted molar refractivity (Wildman–Crippen MR) is 103 cm³/mol. The summed E-state index contributed by atoms with van der Waals surface area (Å²) in [5.74, 6) is 0.199. The van der Waals surface area contributed by atoms with Crippen LogP contribution in [0.5, 0.6) is 0 Å². The predicted octanol–water partition coefficient (Wildman–Crippen LogP) is 3.34. The highest BCUT2D eigenvalue weighted by molar-refractivity contribution is 6.43. The maximum Gasteiger partial charge on any atom is 0.273 e. The number of carbonyl (C=O) groups excluding carboxylic acids is 2. The average Bonchev–Trinajstić information content (AvgIpc) is 3.12. The molecule has 1 atom stereocenters. The molecule has 1 unspecified atom stereocenters. The maximum absolute atomic E-state index is 12.9. The van der Waals surface area contributed by atoms with Gasteiger partial charge in [0.05, 0.1) is 6.54 Å². The lowest BCUT2D eigenvalue weighted by atomic mass is 9.85. The Bertz CT molecular complexity index is 727. The minimum Gasteiger partial charge on any atom is -0.386 e. The molecule has 0 radical (unpaired) electrons. The fraction of sp³-hybridized carbons (Fsp3) is 0.571. The van der Waals surface area contributed by atoms with Crippen molar-refractivity contribution in [3.05, 3.63) is 30.3 Å². The van der Waals surface area contributed by atoms with Gasteiger partial charge in [-0.3, -0.25) is 9.59 Å². The quantitative estimate of drug-likeness (QED) is 0.888. The number of carbonyl (C=O) groups is 2. The summed E-state index contributed by atoms with van der Waals surface area (Å²) in [7, 11) is 0. The molecule has 27 heavy (non-hydrogen) atoms. The molecule has 2 fully saturated rings. The minimum absolute atomic E-state index is 0.164. The molecule has 2 heterocycles. The SMILES string of the molecule is O=C(Nc1ccccc1)C1=NOC2(CCCN(C(=O)C3CCCCC3)C2)C1. The van der Waals surface area contributed by atoms with Gasteiger partial charge in [0.1, 0.15) is 5.71 Å². The first-order chi connectivity index (χ1) is 13.2. The van der Waals surface area contributed by atoms with Crippen LogP contribution >= 0.6 is 0 Å². The van der Waals surface area contributed by atoms with Gasteiger partial charge in [0.2, 0.25) is 5.91 Å². The zero-order chi connectivity index (χ0) is 18.7. The van der Waals surface area contributed by atoms with Crippen LogP contribution in [-0.2, 0) is 14.4 Å². The molecule has 1 N–H and O–H groups in total.